The summed E-state index contributed by atoms with van der Waals surface area (Å²) in [7, 11) is -2.28. The molecule has 11 heteroatoms. The van der Waals surface area contributed by atoms with Gasteiger partial charge in [-0.05, 0) is 6.92 Å². The number of anilines is 1. The number of aromatic nitrogens is 2. The zero-order valence-electron chi connectivity index (χ0n) is 11.7. The van der Waals surface area contributed by atoms with Gasteiger partial charge in [-0.3, -0.25) is 9.59 Å². The largest absolute Gasteiger partial charge is 0.343 e. The highest BCUT2D eigenvalue weighted by Crippen LogP contribution is 2.26. The van der Waals surface area contributed by atoms with E-state index in [2.05, 4.69) is 15.5 Å². The van der Waals surface area contributed by atoms with E-state index in [1.54, 1.807) is 7.05 Å². The van der Waals surface area contributed by atoms with Crippen molar-refractivity contribution >= 4 is 38.3 Å². The highest BCUT2D eigenvalue weighted by Gasteiger charge is 2.39. The van der Waals surface area contributed by atoms with Crippen molar-refractivity contribution in [2.75, 3.05) is 25.5 Å². The van der Waals surface area contributed by atoms with Crippen LogP contribution in [0.25, 0.3) is 0 Å². The van der Waals surface area contributed by atoms with Crippen LogP contribution in [0.1, 0.15) is 13.8 Å². The molecule has 1 fully saturated rings. The molecule has 0 bridgehead atoms. The average molecular weight is 333 g/mol. The number of carbonyl (C=O) groups is 2. The van der Waals surface area contributed by atoms with E-state index in [0.29, 0.717) is 6.54 Å². The van der Waals surface area contributed by atoms with E-state index in [4.69, 9.17) is 0 Å². The van der Waals surface area contributed by atoms with Crippen molar-refractivity contribution in [1.82, 2.24) is 19.4 Å². The fraction of sp³-hybridized carbons (Fsp3) is 0.600. The lowest BCUT2D eigenvalue weighted by Crippen LogP contribution is -2.56. The van der Waals surface area contributed by atoms with Gasteiger partial charge in [-0.15, -0.1) is 10.2 Å². The van der Waals surface area contributed by atoms with Crippen LogP contribution in [0.3, 0.4) is 0 Å². The maximum Gasteiger partial charge on any atom is 0.273 e. The van der Waals surface area contributed by atoms with E-state index in [-0.39, 0.29) is 27.8 Å². The second-order valence-corrected chi connectivity index (χ2v) is 7.65. The molecule has 1 unspecified atom stereocenters. The lowest BCUT2D eigenvalue weighted by Gasteiger charge is -2.35. The molecular weight excluding hydrogens is 318 g/mol. The molecule has 21 heavy (non-hydrogen) atoms. The predicted octanol–water partition coefficient (Wildman–Crippen LogP) is -0.652. The molecule has 2 heterocycles. The standard InChI is InChI=1S/C10H15N5O4S2/c1-6-8(17)14(3)4-5-15(6)21(18,19)10-13-12-9(20-10)11-7(2)16/h6H,4-5H2,1-3H3,(H,11,12,16). The Morgan fingerprint density at radius 3 is 2.67 bits per heavy atom. The minimum Gasteiger partial charge on any atom is -0.343 e. The van der Waals surface area contributed by atoms with Gasteiger partial charge in [-0.25, -0.2) is 8.42 Å². The third kappa shape index (κ3) is 3.04. The van der Waals surface area contributed by atoms with Crippen LogP contribution in [-0.2, 0) is 19.6 Å². The number of hydrogen-bond donors (Lipinski definition) is 1. The number of sulfonamides is 1. The normalized spacial score (nSPS) is 20.6. The fourth-order valence-corrected chi connectivity index (χ4v) is 4.58. The topological polar surface area (TPSA) is 113 Å². The second kappa shape index (κ2) is 5.66. The molecule has 0 aromatic carbocycles. The van der Waals surface area contributed by atoms with Crippen LogP contribution in [0, 0.1) is 0 Å². The summed E-state index contributed by atoms with van der Waals surface area (Å²) in [5.41, 5.74) is 0. The summed E-state index contributed by atoms with van der Waals surface area (Å²) in [5, 5.41) is 9.69. The number of hydrogen-bond acceptors (Lipinski definition) is 7. The lowest BCUT2D eigenvalue weighted by atomic mass is 10.2. The average Bonchev–Trinajstić information content (AvgIpc) is 2.84. The van der Waals surface area contributed by atoms with Gasteiger partial charge in [0.05, 0.1) is 0 Å². The highest BCUT2D eigenvalue weighted by molar-refractivity contribution is 7.91. The maximum absolute atomic E-state index is 12.5. The Hall–Kier alpha value is -1.59. The molecule has 0 radical (unpaired) electrons. The molecule has 1 aromatic heterocycles. The van der Waals surface area contributed by atoms with Crippen molar-refractivity contribution in [2.45, 2.75) is 24.2 Å². The van der Waals surface area contributed by atoms with Crippen molar-refractivity contribution < 1.29 is 18.0 Å². The molecule has 2 rings (SSSR count). The molecule has 1 aliphatic rings. The summed E-state index contributed by atoms with van der Waals surface area (Å²) in [4.78, 5) is 24.3. The Bertz CT molecular complexity index is 671. The van der Waals surface area contributed by atoms with Crippen LogP contribution in [-0.4, -0.2) is 65.8 Å². The molecule has 0 saturated carbocycles. The van der Waals surface area contributed by atoms with Gasteiger partial charge in [0.25, 0.3) is 10.0 Å². The van der Waals surface area contributed by atoms with Gasteiger partial charge in [0.15, 0.2) is 0 Å². The van der Waals surface area contributed by atoms with Crippen LogP contribution in [0.4, 0.5) is 5.13 Å². The van der Waals surface area contributed by atoms with Crippen molar-refractivity contribution in [3.63, 3.8) is 0 Å². The third-order valence-corrected chi connectivity index (χ3v) is 6.19. The van der Waals surface area contributed by atoms with Crippen molar-refractivity contribution in [3.8, 4) is 0 Å². The van der Waals surface area contributed by atoms with Gasteiger partial charge in [-0.2, -0.15) is 4.31 Å². The van der Waals surface area contributed by atoms with Gasteiger partial charge in [0.1, 0.15) is 6.04 Å². The molecule has 1 saturated heterocycles. The maximum atomic E-state index is 12.5. The number of rotatable bonds is 3. The van der Waals surface area contributed by atoms with Crippen LogP contribution in [0.15, 0.2) is 4.34 Å². The minimum absolute atomic E-state index is 0.106. The molecule has 1 N–H and O–H groups in total. The Labute approximate surface area is 126 Å². The van der Waals surface area contributed by atoms with Crippen LogP contribution in [0.2, 0.25) is 0 Å². The minimum atomic E-state index is -3.90. The molecule has 0 aliphatic carbocycles. The number of nitrogens with one attached hydrogen (secondary N) is 1. The Balaban J connectivity index is 2.27. The van der Waals surface area contributed by atoms with Gasteiger partial charge in [-0.1, -0.05) is 11.3 Å². The first kappa shape index (κ1) is 15.8. The van der Waals surface area contributed by atoms with Gasteiger partial charge < -0.3 is 10.2 Å². The van der Waals surface area contributed by atoms with E-state index in [1.165, 1.54) is 18.7 Å². The summed E-state index contributed by atoms with van der Waals surface area (Å²) in [6.07, 6.45) is 0. The fourth-order valence-electron chi connectivity index (χ4n) is 1.94. The van der Waals surface area contributed by atoms with E-state index >= 15 is 0 Å². The summed E-state index contributed by atoms with van der Waals surface area (Å²) >= 11 is 0.757. The van der Waals surface area contributed by atoms with Gasteiger partial charge in [0.2, 0.25) is 21.3 Å². The molecular formula is C10H15N5O4S2. The summed E-state index contributed by atoms with van der Waals surface area (Å²) in [6, 6.07) is -0.790. The van der Waals surface area contributed by atoms with E-state index in [0.717, 1.165) is 15.6 Å². The number of piperazine rings is 1. The monoisotopic (exact) mass is 333 g/mol. The quantitative estimate of drug-likeness (QED) is 0.735. The molecule has 9 nitrogen and oxygen atoms in total. The number of amides is 2. The van der Waals surface area contributed by atoms with E-state index < -0.39 is 16.1 Å². The first-order chi connectivity index (χ1) is 9.73. The summed E-state index contributed by atoms with van der Waals surface area (Å²) in [5.74, 6) is -0.630. The van der Waals surface area contributed by atoms with Crippen molar-refractivity contribution in [1.29, 1.82) is 0 Å². The molecule has 1 aromatic rings. The predicted molar refractivity (Wildman–Crippen MR) is 75.2 cm³/mol. The molecule has 1 atom stereocenters. The van der Waals surface area contributed by atoms with Gasteiger partial charge in [0, 0.05) is 27.1 Å². The third-order valence-electron chi connectivity index (χ3n) is 3.04. The SMILES string of the molecule is CC(=O)Nc1nnc(S(=O)(=O)N2CCN(C)C(=O)C2C)s1. The second-order valence-electron chi connectivity index (χ2n) is 4.61. The number of nitrogens with zero attached hydrogens (tertiary/aromatic N) is 4. The van der Waals surface area contributed by atoms with E-state index in [9.17, 15) is 18.0 Å². The summed E-state index contributed by atoms with van der Waals surface area (Å²) in [6.45, 7) is 3.34. The lowest BCUT2D eigenvalue weighted by molar-refractivity contribution is -0.136. The van der Waals surface area contributed by atoms with Crippen LogP contribution >= 0.6 is 11.3 Å². The number of likely N-dealkylation sites (N-methyl/N-ethyl adjacent to an activating group) is 1. The Morgan fingerprint density at radius 1 is 1.38 bits per heavy atom. The first-order valence-corrected chi connectivity index (χ1v) is 8.37. The van der Waals surface area contributed by atoms with Crippen molar-refractivity contribution in [3.05, 3.63) is 0 Å². The van der Waals surface area contributed by atoms with Crippen molar-refractivity contribution in [2.24, 2.45) is 0 Å². The molecule has 2 amide bonds. The Morgan fingerprint density at radius 2 is 2.05 bits per heavy atom. The summed E-state index contributed by atoms with van der Waals surface area (Å²) < 4.78 is 25.9. The highest BCUT2D eigenvalue weighted by atomic mass is 32.2. The smallest absolute Gasteiger partial charge is 0.273 e. The van der Waals surface area contributed by atoms with Crippen LogP contribution < -0.4 is 5.32 Å². The zero-order valence-corrected chi connectivity index (χ0v) is 13.4. The molecule has 1 aliphatic heterocycles. The zero-order chi connectivity index (χ0) is 15.8. The van der Waals surface area contributed by atoms with Crippen LogP contribution in [0.5, 0.6) is 0 Å². The van der Waals surface area contributed by atoms with Gasteiger partial charge >= 0.3 is 0 Å². The number of carbonyl (C=O) groups excluding carboxylic acids is 2. The molecule has 116 valence electrons. The molecule has 0 spiro atoms. The van der Waals surface area contributed by atoms with E-state index in [1.807, 2.05) is 0 Å². The Kier molecular flexibility index (Phi) is 4.25. The first-order valence-electron chi connectivity index (χ1n) is 6.11.